The third kappa shape index (κ3) is 8.91. The number of allylic oxidation sites excluding steroid dienone is 2. The lowest BCUT2D eigenvalue weighted by atomic mass is 9.90. The van der Waals surface area contributed by atoms with Crippen molar-refractivity contribution in [2.45, 2.75) is 57.9 Å². The van der Waals surface area contributed by atoms with E-state index in [4.69, 9.17) is 33.2 Å². The maximum atomic E-state index is 13.5. The van der Waals surface area contributed by atoms with E-state index in [1.54, 1.807) is 21.3 Å². The average Bonchev–Trinajstić information content (AvgIpc) is 3.68. The highest BCUT2D eigenvalue weighted by atomic mass is 79.9. The van der Waals surface area contributed by atoms with Gasteiger partial charge in [0.2, 0.25) is 12.5 Å². The second-order valence-electron chi connectivity index (χ2n) is 14.0. The number of aromatic nitrogens is 1. The molecule has 4 aromatic carbocycles. The molecule has 0 saturated carbocycles. The molecule has 0 amide bonds. The highest BCUT2D eigenvalue weighted by Crippen LogP contribution is 2.44. The molecule has 7 rings (SSSR count). The topological polar surface area (TPSA) is 85.6 Å². The van der Waals surface area contributed by atoms with Crippen molar-refractivity contribution in [3.63, 3.8) is 0 Å². The van der Waals surface area contributed by atoms with Crippen LogP contribution in [0.3, 0.4) is 0 Å². The molecule has 0 atom stereocenters. The minimum atomic E-state index is -0.270. The Morgan fingerprint density at radius 1 is 0.772 bits per heavy atom. The van der Waals surface area contributed by atoms with Gasteiger partial charge in [0.25, 0.3) is 0 Å². The number of nitrogens with zero attached hydrogens (tertiary/aromatic N) is 1. The first-order valence-electron chi connectivity index (χ1n) is 19.3. The Hall–Kier alpha value is -5.48. The fraction of sp³-hybridized carbons (Fsp3) is 0.319. The fourth-order valence-electron chi connectivity index (χ4n) is 7.79. The maximum Gasteiger partial charge on any atom is 0.310 e. The number of fused-ring (bicyclic) bond motifs is 5. The van der Waals surface area contributed by atoms with Crippen LogP contribution in [0.5, 0.6) is 34.5 Å². The van der Waals surface area contributed by atoms with Crippen LogP contribution < -0.4 is 50.0 Å². The lowest BCUT2D eigenvalue weighted by molar-refractivity contribution is -0.686. The largest absolute Gasteiger partial charge is 1.00 e. The van der Waals surface area contributed by atoms with E-state index < -0.39 is 0 Å². The zero-order chi connectivity index (χ0) is 39.0. The number of unbranched alkanes of at least 4 members (excludes halogenated alkanes) is 3. The van der Waals surface area contributed by atoms with Crippen molar-refractivity contribution in [2.24, 2.45) is 0 Å². The van der Waals surface area contributed by atoms with E-state index in [0.29, 0.717) is 36.9 Å². The number of halogens is 1. The number of aryl methyl sites for hydroxylation is 2. The quantitative estimate of drug-likeness (QED) is 0.0464. The van der Waals surface area contributed by atoms with Gasteiger partial charge >= 0.3 is 5.97 Å². The van der Waals surface area contributed by atoms with Gasteiger partial charge in [0.1, 0.15) is 11.5 Å². The number of rotatable bonds is 18. The summed E-state index contributed by atoms with van der Waals surface area (Å²) < 4.78 is 42.9. The third-order valence-corrected chi connectivity index (χ3v) is 10.5. The van der Waals surface area contributed by atoms with E-state index in [9.17, 15) is 4.79 Å². The summed E-state index contributed by atoms with van der Waals surface area (Å²) in [6.07, 6.45) is 11.8. The maximum absolute atomic E-state index is 13.5. The van der Waals surface area contributed by atoms with Crippen LogP contribution in [0.4, 0.5) is 0 Å². The van der Waals surface area contributed by atoms with E-state index in [2.05, 4.69) is 60.3 Å². The summed E-state index contributed by atoms with van der Waals surface area (Å²) in [4.78, 5) is 13.5. The molecule has 5 aromatic rings. The predicted molar refractivity (Wildman–Crippen MR) is 217 cm³/mol. The second-order valence-corrected chi connectivity index (χ2v) is 14.0. The normalized spacial score (nSPS) is 12.2. The Bertz CT molecular complexity index is 2270. The number of carbonyl (C=O) groups is 1. The highest BCUT2D eigenvalue weighted by Gasteiger charge is 2.33. The Morgan fingerprint density at radius 2 is 1.51 bits per heavy atom. The van der Waals surface area contributed by atoms with Crippen LogP contribution in [-0.4, -0.2) is 47.3 Å². The number of ether oxygens (including phenoxy) is 7. The lowest BCUT2D eigenvalue weighted by Gasteiger charge is -2.20. The minimum Gasteiger partial charge on any atom is -1.00 e. The van der Waals surface area contributed by atoms with E-state index >= 15 is 0 Å². The van der Waals surface area contributed by atoms with Crippen molar-refractivity contribution in [3.05, 3.63) is 114 Å². The molecule has 57 heavy (non-hydrogen) atoms. The molecule has 0 N–H and O–H groups in total. The molecule has 298 valence electrons. The smallest absolute Gasteiger partial charge is 0.310 e. The molecule has 1 aromatic heterocycles. The van der Waals surface area contributed by atoms with Gasteiger partial charge in [-0.2, -0.15) is 4.57 Å². The van der Waals surface area contributed by atoms with Gasteiger partial charge < -0.3 is 50.1 Å². The van der Waals surface area contributed by atoms with Gasteiger partial charge in [0, 0.05) is 22.9 Å². The van der Waals surface area contributed by atoms with Crippen molar-refractivity contribution in [3.8, 4) is 56.9 Å². The molecule has 0 unspecified atom stereocenters. The summed E-state index contributed by atoms with van der Waals surface area (Å²) in [5.41, 5.74) is 8.42. The Morgan fingerprint density at radius 3 is 2.26 bits per heavy atom. The number of esters is 1. The summed E-state index contributed by atoms with van der Waals surface area (Å²) in [5, 5.41) is 1.80. The van der Waals surface area contributed by atoms with Gasteiger partial charge in [0.15, 0.2) is 35.7 Å². The molecule has 0 saturated heterocycles. The summed E-state index contributed by atoms with van der Waals surface area (Å²) in [5.74, 6) is 4.15. The minimum absolute atomic E-state index is 0. The summed E-state index contributed by atoms with van der Waals surface area (Å²) in [6.45, 7) is 9.70. The molecular formula is C47H50BrNO8. The number of hydrogen-bond donors (Lipinski definition) is 0. The Kier molecular flexibility index (Phi) is 13.8. The number of pyridine rings is 1. The second kappa shape index (κ2) is 19.1. The number of hydrogen-bond acceptors (Lipinski definition) is 8. The van der Waals surface area contributed by atoms with Gasteiger partial charge in [-0.1, -0.05) is 24.3 Å². The van der Waals surface area contributed by atoms with E-state index in [1.807, 2.05) is 36.4 Å². The lowest BCUT2D eigenvalue weighted by Crippen LogP contribution is -3.00. The summed E-state index contributed by atoms with van der Waals surface area (Å²) >= 11 is 0. The Balaban J connectivity index is 0.00000549. The van der Waals surface area contributed by atoms with Crippen molar-refractivity contribution in [2.75, 3.05) is 41.3 Å². The van der Waals surface area contributed by atoms with Crippen LogP contribution >= 0.6 is 0 Å². The molecular weight excluding hydrogens is 786 g/mol. The average molecular weight is 837 g/mol. The molecule has 0 bridgehead atoms. The molecule has 10 heteroatoms. The van der Waals surface area contributed by atoms with E-state index in [1.165, 1.54) is 5.56 Å². The number of benzene rings is 4. The predicted octanol–water partition coefficient (Wildman–Crippen LogP) is 5.96. The van der Waals surface area contributed by atoms with Gasteiger partial charge in [0.05, 0.1) is 51.9 Å². The first-order chi connectivity index (χ1) is 27.5. The van der Waals surface area contributed by atoms with Crippen LogP contribution in [-0.2, 0) is 41.8 Å². The molecule has 0 spiro atoms. The van der Waals surface area contributed by atoms with Crippen molar-refractivity contribution in [1.82, 2.24) is 0 Å². The van der Waals surface area contributed by atoms with Crippen molar-refractivity contribution < 1.29 is 59.5 Å². The fourth-order valence-corrected chi connectivity index (χ4v) is 7.79. The van der Waals surface area contributed by atoms with Gasteiger partial charge in [-0.3, -0.25) is 4.79 Å². The molecule has 9 nitrogen and oxygen atoms in total. The molecule has 0 radical (unpaired) electrons. The SMILES string of the molecule is C=CCc1ccc(OCCCCCCOC(=O)Cc2c3[n+](cc4c(OC)c(OC)ccc24)CCc2cc4c(cc2-3)OCO4)c(-c2ccc(OC)c(CC=C)c2)c1.[Br-]. The van der Waals surface area contributed by atoms with E-state index in [-0.39, 0.29) is 36.2 Å². The zero-order valence-electron chi connectivity index (χ0n) is 33.0. The Labute approximate surface area is 345 Å². The third-order valence-electron chi connectivity index (χ3n) is 10.5. The first-order valence-corrected chi connectivity index (χ1v) is 19.3. The highest BCUT2D eigenvalue weighted by molar-refractivity contribution is 5.97. The number of carbonyl (C=O) groups excluding carboxylic acids is 1. The van der Waals surface area contributed by atoms with Crippen molar-refractivity contribution in [1.29, 1.82) is 0 Å². The molecule has 0 aliphatic carbocycles. The van der Waals surface area contributed by atoms with Gasteiger partial charge in [-0.25, -0.2) is 0 Å². The van der Waals surface area contributed by atoms with E-state index in [0.717, 1.165) is 112 Å². The zero-order valence-corrected chi connectivity index (χ0v) is 34.6. The summed E-state index contributed by atoms with van der Waals surface area (Å²) in [6, 6.07) is 20.5. The monoisotopic (exact) mass is 835 g/mol. The molecule has 0 fully saturated rings. The van der Waals surface area contributed by atoms with Crippen LogP contribution in [0, 0.1) is 0 Å². The van der Waals surface area contributed by atoms with Crippen LogP contribution in [0.25, 0.3) is 33.2 Å². The molecule has 2 aliphatic rings. The van der Waals surface area contributed by atoms with Crippen LogP contribution in [0.15, 0.2) is 92.2 Å². The van der Waals surface area contributed by atoms with Gasteiger partial charge in [-0.05, 0) is 109 Å². The number of methoxy groups -OCH3 is 3. The molecule has 2 aliphatic heterocycles. The molecule has 3 heterocycles. The van der Waals surface area contributed by atoms with Crippen LogP contribution in [0.2, 0.25) is 0 Å². The van der Waals surface area contributed by atoms with Crippen molar-refractivity contribution >= 4 is 16.7 Å². The first kappa shape index (κ1) is 41.2. The van der Waals surface area contributed by atoms with Gasteiger partial charge in [-0.15, -0.1) is 13.2 Å². The van der Waals surface area contributed by atoms with Crippen LogP contribution in [0.1, 0.15) is 47.9 Å². The standard InChI is InChI=1S/C47H50NO8.BrH/c1-6-12-31-14-17-41(36(24-31)32-15-18-40(50-3)34(25-32)13-7-2)53-22-10-8-9-11-23-54-45(49)28-38-35-16-19-42(51-4)47(52-5)39(35)29-48-21-20-33-26-43-44(56-30-55-43)27-37(33)46(38)48;/h6-7,14-19,24-27,29H,1-2,8-13,20-23,28,30H2,3-5H3;1H/q+1;/p-1. The summed E-state index contributed by atoms with van der Waals surface area (Å²) in [7, 11) is 4.95.